The SMILES string of the molecule is CC/C=C\C/C=C\C/C=C\CCCCCCCC(=O)OCC(COC(=O)CCCCCCCCCCCCCCCCCCCCCCCCCCC)OC(=O)CCCCCCCCCCCCCCCCCCC. The zero-order valence-electron chi connectivity index (χ0n) is 50.6. The lowest BCUT2D eigenvalue weighted by Gasteiger charge is -2.18. The van der Waals surface area contributed by atoms with E-state index in [1.54, 1.807) is 0 Å². The van der Waals surface area contributed by atoms with Gasteiger partial charge in [0.25, 0.3) is 0 Å². The normalized spacial score (nSPS) is 12.2. The van der Waals surface area contributed by atoms with Gasteiger partial charge in [0.2, 0.25) is 0 Å². The maximum Gasteiger partial charge on any atom is 0.306 e. The Kier molecular flexibility index (Phi) is 62.1. The largest absolute Gasteiger partial charge is 0.462 e. The summed E-state index contributed by atoms with van der Waals surface area (Å²) in [5.41, 5.74) is 0. The van der Waals surface area contributed by atoms with Crippen molar-refractivity contribution in [2.45, 2.75) is 374 Å². The van der Waals surface area contributed by atoms with E-state index in [1.165, 1.54) is 231 Å². The van der Waals surface area contributed by atoms with Gasteiger partial charge in [0, 0.05) is 19.3 Å². The monoisotopic (exact) mass is 1050 g/mol. The zero-order valence-corrected chi connectivity index (χ0v) is 50.6. The van der Waals surface area contributed by atoms with Crippen LogP contribution in [0.4, 0.5) is 0 Å². The van der Waals surface area contributed by atoms with Gasteiger partial charge in [0.05, 0.1) is 0 Å². The number of esters is 3. The molecule has 75 heavy (non-hydrogen) atoms. The molecular formula is C69H128O6. The Morgan fingerprint density at radius 3 is 0.813 bits per heavy atom. The predicted octanol–water partition coefficient (Wildman–Crippen LogP) is 22.8. The summed E-state index contributed by atoms with van der Waals surface area (Å²) >= 11 is 0. The molecule has 0 aliphatic rings. The van der Waals surface area contributed by atoms with Gasteiger partial charge in [0.15, 0.2) is 6.10 Å². The lowest BCUT2D eigenvalue weighted by Crippen LogP contribution is -2.30. The van der Waals surface area contributed by atoms with E-state index in [9.17, 15) is 14.4 Å². The number of rotatable bonds is 62. The van der Waals surface area contributed by atoms with Crippen LogP contribution in [0, 0.1) is 0 Å². The van der Waals surface area contributed by atoms with E-state index >= 15 is 0 Å². The fraction of sp³-hybridized carbons (Fsp3) is 0.870. The Morgan fingerprint density at radius 2 is 0.520 bits per heavy atom. The molecule has 6 heteroatoms. The summed E-state index contributed by atoms with van der Waals surface area (Å²) in [7, 11) is 0. The van der Waals surface area contributed by atoms with Crippen molar-refractivity contribution < 1.29 is 28.6 Å². The first kappa shape index (κ1) is 72.6. The summed E-state index contributed by atoms with van der Waals surface area (Å²) in [6.07, 6.45) is 78.8. The van der Waals surface area contributed by atoms with Crippen molar-refractivity contribution in [3.05, 3.63) is 36.5 Å². The molecule has 0 bridgehead atoms. The summed E-state index contributed by atoms with van der Waals surface area (Å²) in [5, 5.41) is 0. The highest BCUT2D eigenvalue weighted by atomic mass is 16.6. The van der Waals surface area contributed by atoms with Crippen LogP contribution < -0.4 is 0 Å². The van der Waals surface area contributed by atoms with Crippen LogP contribution in [-0.4, -0.2) is 37.2 Å². The second-order valence-corrected chi connectivity index (χ2v) is 22.7. The summed E-state index contributed by atoms with van der Waals surface area (Å²) in [4.78, 5) is 38.3. The molecule has 1 atom stereocenters. The van der Waals surface area contributed by atoms with Crippen LogP contribution >= 0.6 is 0 Å². The molecule has 0 aromatic carbocycles. The predicted molar refractivity (Wildman–Crippen MR) is 326 cm³/mol. The lowest BCUT2D eigenvalue weighted by atomic mass is 10.0. The molecule has 0 saturated heterocycles. The van der Waals surface area contributed by atoms with Gasteiger partial charge < -0.3 is 14.2 Å². The van der Waals surface area contributed by atoms with Crippen LogP contribution in [0.1, 0.15) is 367 Å². The molecule has 0 aliphatic carbocycles. The van der Waals surface area contributed by atoms with Crippen molar-refractivity contribution in [2.24, 2.45) is 0 Å². The van der Waals surface area contributed by atoms with Crippen molar-refractivity contribution >= 4 is 17.9 Å². The Hall–Kier alpha value is -2.37. The first-order chi connectivity index (χ1) is 37.0. The topological polar surface area (TPSA) is 78.9 Å². The Labute approximate surface area is 467 Å². The molecule has 6 nitrogen and oxygen atoms in total. The number of allylic oxidation sites excluding steroid dienone is 6. The van der Waals surface area contributed by atoms with E-state index in [2.05, 4.69) is 57.2 Å². The van der Waals surface area contributed by atoms with Crippen LogP contribution in [0.5, 0.6) is 0 Å². The quantitative estimate of drug-likeness (QED) is 0.0261. The third kappa shape index (κ3) is 62.4. The first-order valence-corrected chi connectivity index (χ1v) is 33.5. The van der Waals surface area contributed by atoms with Crippen LogP contribution in [0.3, 0.4) is 0 Å². The van der Waals surface area contributed by atoms with E-state index in [0.717, 1.165) is 96.3 Å². The number of hydrogen-bond donors (Lipinski definition) is 0. The number of carbonyl (C=O) groups is 3. The Morgan fingerprint density at radius 1 is 0.280 bits per heavy atom. The molecule has 440 valence electrons. The molecule has 0 aromatic rings. The third-order valence-electron chi connectivity index (χ3n) is 15.2. The highest BCUT2D eigenvalue weighted by Gasteiger charge is 2.19. The minimum Gasteiger partial charge on any atom is -0.462 e. The molecule has 0 rings (SSSR count). The molecular weight excluding hydrogens is 925 g/mol. The van der Waals surface area contributed by atoms with Gasteiger partial charge in [-0.1, -0.05) is 333 Å². The van der Waals surface area contributed by atoms with E-state index in [0.29, 0.717) is 19.3 Å². The highest BCUT2D eigenvalue weighted by molar-refractivity contribution is 5.71. The second kappa shape index (κ2) is 64.2. The highest BCUT2D eigenvalue weighted by Crippen LogP contribution is 2.18. The van der Waals surface area contributed by atoms with Crippen molar-refractivity contribution in [1.82, 2.24) is 0 Å². The van der Waals surface area contributed by atoms with Gasteiger partial charge in [-0.25, -0.2) is 0 Å². The average molecular weight is 1050 g/mol. The lowest BCUT2D eigenvalue weighted by molar-refractivity contribution is -0.167. The van der Waals surface area contributed by atoms with Crippen LogP contribution in [0.15, 0.2) is 36.5 Å². The Balaban J connectivity index is 4.25. The minimum absolute atomic E-state index is 0.0720. The van der Waals surface area contributed by atoms with Gasteiger partial charge in [0.1, 0.15) is 13.2 Å². The van der Waals surface area contributed by atoms with Gasteiger partial charge >= 0.3 is 17.9 Å². The maximum atomic E-state index is 12.9. The number of ether oxygens (including phenoxy) is 3. The average Bonchev–Trinajstić information content (AvgIpc) is 3.41. The fourth-order valence-corrected chi connectivity index (χ4v) is 10.2. The maximum absolute atomic E-state index is 12.9. The van der Waals surface area contributed by atoms with Crippen molar-refractivity contribution in [3.63, 3.8) is 0 Å². The van der Waals surface area contributed by atoms with Gasteiger partial charge in [-0.05, 0) is 51.4 Å². The third-order valence-corrected chi connectivity index (χ3v) is 15.2. The minimum atomic E-state index is -0.776. The van der Waals surface area contributed by atoms with E-state index in [4.69, 9.17) is 14.2 Å². The van der Waals surface area contributed by atoms with Crippen molar-refractivity contribution in [1.29, 1.82) is 0 Å². The smallest absolute Gasteiger partial charge is 0.306 e. The van der Waals surface area contributed by atoms with E-state index in [1.807, 2.05) is 0 Å². The first-order valence-electron chi connectivity index (χ1n) is 33.5. The second-order valence-electron chi connectivity index (χ2n) is 22.7. The molecule has 1 unspecified atom stereocenters. The van der Waals surface area contributed by atoms with Crippen LogP contribution in [0.2, 0.25) is 0 Å². The van der Waals surface area contributed by atoms with Crippen molar-refractivity contribution in [2.75, 3.05) is 13.2 Å². The molecule has 0 heterocycles. The fourth-order valence-electron chi connectivity index (χ4n) is 10.2. The van der Waals surface area contributed by atoms with E-state index < -0.39 is 6.10 Å². The van der Waals surface area contributed by atoms with Gasteiger partial charge in [-0.2, -0.15) is 0 Å². The van der Waals surface area contributed by atoms with Crippen LogP contribution in [0.25, 0.3) is 0 Å². The van der Waals surface area contributed by atoms with Crippen LogP contribution in [-0.2, 0) is 28.6 Å². The molecule has 0 N–H and O–H groups in total. The molecule has 0 radical (unpaired) electrons. The molecule has 0 aromatic heterocycles. The molecule has 0 aliphatic heterocycles. The standard InChI is InChI=1S/C69H128O6/c1-4-7-10-13-16-19-22-25-28-30-31-32-33-34-35-36-37-39-41-44-47-50-53-56-59-62-68(71)74-65-66(64-73-67(70)61-58-55-52-49-46-43-40-27-24-21-18-15-12-9-6-3)75-69(72)63-60-57-54-51-48-45-42-38-29-26-23-20-17-14-11-8-5-2/h9,12,18,21,27,40,66H,4-8,10-11,13-17,19-20,22-26,28-39,41-65H2,1-3H3/b12-9-,21-18-,40-27-. The Bertz CT molecular complexity index is 1250. The number of unbranched alkanes of at least 4 members (excludes halogenated alkanes) is 45. The molecule has 0 spiro atoms. The molecule has 0 fully saturated rings. The van der Waals surface area contributed by atoms with Crippen molar-refractivity contribution in [3.8, 4) is 0 Å². The number of hydrogen-bond acceptors (Lipinski definition) is 6. The summed E-state index contributed by atoms with van der Waals surface area (Å²) in [5.74, 6) is -0.862. The summed E-state index contributed by atoms with van der Waals surface area (Å²) < 4.78 is 17.0. The summed E-state index contributed by atoms with van der Waals surface area (Å²) in [6.45, 7) is 6.59. The van der Waals surface area contributed by atoms with Gasteiger partial charge in [-0.3, -0.25) is 14.4 Å². The molecule has 0 amide bonds. The van der Waals surface area contributed by atoms with E-state index in [-0.39, 0.29) is 31.1 Å². The number of carbonyl (C=O) groups excluding carboxylic acids is 3. The summed E-state index contributed by atoms with van der Waals surface area (Å²) in [6, 6.07) is 0. The van der Waals surface area contributed by atoms with Gasteiger partial charge in [-0.15, -0.1) is 0 Å². The zero-order chi connectivity index (χ0) is 54.3. The molecule has 0 saturated carbocycles.